The van der Waals surface area contributed by atoms with Crippen LogP contribution in [0.2, 0.25) is 0 Å². The summed E-state index contributed by atoms with van der Waals surface area (Å²) in [6.07, 6.45) is 15.9. The molecule has 113 valence electrons. The van der Waals surface area contributed by atoms with Gasteiger partial charge >= 0.3 is 0 Å². The first kappa shape index (κ1) is 17.2. The van der Waals surface area contributed by atoms with E-state index in [1.54, 1.807) is 12.1 Å². The first-order valence-corrected chi connectivity index (χ1v) is 8.49. The SMILES string of the molecule is CCCCCCCCCCCCCc1[c]ccc(F)c1. The van der Waals surface area contributed by atoms with Crippen LogP contribution in [0.25, 0.3) is 0 Å². The summed E-state index contributed by atoms with van der Waals surface area (Å²) >= 11 is 0. The lowest BCUT2D eigenvalue weighted by Crippen LogP contribution is -1.88. The van der Waals surface area contributed by atoms with E-state index in [-0.39, 0.29) is 5.82 Å². The normalized spacial score (nSPS) is 10.9. The highest BCUT2D eigenvalue weighted by atomic mass is 19.1. The molecule has 0 unspecified atom stereocenters. The van der Waals surface area contributed by atoms with E-state index < -0.39 is 0 Å². The van der Waals surface area contributed by atoms with Gasteiger partial charge in [-0.15, -0.1) is 0 Å². The second kappa shape index (κ2) is 11.9. The van der Waals surface area contributed by atoms with Gasteiger partial charge in [-0.25, -0.2) is 4.39 Å². The van der Waals surface area contributed by atoms with E-state index in [2.05, 4.69) is 13.0 Å². The first-order chi connectivity index (χ1) is 9.83. The Bertz CT molecular complexity index is 332. The Labute approximate surface area is 124 Å². The van der Waals surface area contributed by atoms with Crippen molar-refractivity contribution >= 4 is 0 Å². The van der Waals surface area contributed by atoms with Gasteiger partial charge in [0.2, 0.25) is 0 Å². The minimum Gasteiger partial charge on any atom is -0.207 e. The number of hydrogen-bond donors (Lipinski definition) is 0. The van der Waals surface area contributed by atoms with Crippen LogP contribution in [0.1, 0.15) is 83.1 Å². The van der Waals surface area contributed by atoms with Crippen molar-refractivity contribution in [3.63, 3.8) is 0 Å². The van der Waals surface area contributed by atoms with E-state index >= 15 is 0 Å². The molecule has 0 N–H and O–H groups in total. The molecular formula is C19H30F. The van der Waals surface area contributed by atoms with E-state index in [1.165, 1.54) is 70.3 Å². The zero-order chi connectivity index (χ0) is 14.5. The molecule has 1 aromatic rings. The van der Waals surface area contributed by atoms with Crippen molar-refractivity contribution in [1.82, 2.24) is 0 Å². The maximum atomic E-state index is 13.0. The Morgan fingerprint density at radius 1 is 0.850 bits per heavy atom. The van der Waals surface area contributed by atoms with Crippen LogP contribution in [0, 0.1) is 11.9 Å². The second-order valence-electron chi connectivity index (χ2n) is 5.82. The Hall–Kier alpha value is -0.850. The van der Waals surface area contributed by atoms with Crippen LogP contribution < -0.4 is 0 Å². The zero-order valence-electron chi connectivity index (χ0n) is 13.1. The van der Waals surface area contributed by atoms with Crippen molar-refractivity contribution in [2.24, 2.45) is 0 Å². The number of hydrogen-bond acceptors (Lipinski definition) is 0. The fourth-order valence-electron chi connectivity index (χ4n) is 2.61. The largest absolute Gasteiger partial charge is 0.207 e. The molecule has 0 bridgehead atoms. The Kier molecular flexibility index (Phi) is 10.3. The van der Waals surface area contributed by atoms with Gasteiger partial charge in [-0.05, 0) is 36.6 Å². The zero-order valence-corrected chi connectivity index (χ0v) is 13.1. The molecule has 0 spiro atoms. The van der Waals surface area contributed by atoms with Crippen LogP contribution in [-0.2, 0) is 6.42 Å². The fraction of sp³-hybridized carbons (Fsp3) is 0.684. The number of halogens is 1. The van der Waals surface area contributed by atoms with Crippen LogP contribution in [0.4, 0.5) is 4.39 Å². The van der Waals surface area contributed by atoms with E-state index in [0.29, 0.717) is 0 Å². The molecule has 0 nitrogen and oxygen atoms in total. The summed E-state index contributed by atoms with van der Waals surface area (Å²) in [5.41, 5.74) is 1.01. The highest BCUT2D eigenvalue weighted by Crippen LogP contribution is 2.13. The molecule has 0 amide bonds. The quantitative estimate of drug-likeness (QED) is 0.384. The summed E-state index contributed by atoms with van der Waals surface area (Å²) in [6.45, 7) is 2.27. The minimum atomic E-state index is -0.137. The third-order valence-corrected chi connectivity index (χ3v) is 3.87. The van der Waals surface area contributed by atoms with Gasteiger partial charge in [-0.1, -0.05) is 77.2 Å². The molecule has 0 aliphatic carbocycles. The summed E-state index contributed by atoms with van der Waals surface area (Å²) in [7, 11) is 0. The predicted octanol–water partition coefficient (Wildman–Crippen LogP) is 6.48. The molecule has 0 saturated carbocycles. The topological polar surface area (TPSA) is 0 Å². The maximum Gasteiger partial charge on any atom is 0.123 e. The Balaban J connectivity index is 1.85. The highest BCUT2D eigenvalue weighted by molar-refractivity contribution is 5.14. The van der Waals surface area contributed by atoms with Crippen molar-refractivity contribution in [3.05, 3.63) is 35.6 Å². The molecule has 0 aliphatic heterocycles. The van der Waals surface area contributed by atoms with Gasteiger partial charge in [0.1, 0.15) is 5.82 Å². The molecule has 1 radical (unpaired) electrons. The molecule has 0 fully saturated rings. The van der Waals surface area contributed by atoms with E-state index in [9.17, 15) is 4.39 Å². The number of benzene rings is 1. The summed E-state index contributed by atoms with van der Waals surface area (Å²) in [5.74, 6) is -0.137. The van der Waals surface area contributed by atoms with Crippen LogP contribution in [0.15, 0.2) is 18.2 Å². The predicted molar refractivity (Wildman–Crippen MR) is 85.4 cm³/mol. The van der Waals surface area contributed by atoms with Gasteiger partial charge in [0.15, 0.2) is 0 Å². The molecule has 0 atom stereocenters. The Morgan fingerprint density at radius 2 is 1.40 bits per heavy atom. The third-order valence-electron chi connectivity index (χ3n) is 3.87. The van der Waals surface area contributed by atoms with E-state index in [0.717, 1.165) is 18.4 Å². The first-order valence-electron chi connectivity index (χ1n) is 8.49. The molecule has 1 heteroatoms. The lowest BCUT2D eigenvalue weighted by Gasteiger charge is -2.03. The smallest absolute Gasteiger partial charge is 0.123 e. The lowest BCUT2D eigenvalue weighted by atomic mass is 10.0. The summed E-state index contributed by atoms with van der Waals surface area (Å²) in [4.78, 5) is 0. The van der Waals surface area contributed by atoms with Crippen molar-refractivity contribution < 1.29 is 4.39 Å². The fourth-order valence-corrected chi connectivity index (χ4v) is 2.61. The van der Waals surface area contributed by atoms with Gasteiger partial charge in [0.05, 0.1) is 0 Å². The van der Waals surface area contributed by atoms with Gasteiger partial charge in [-0.3, -0.25) is 0 Å². The van der Waals surface area contributed by atoms with Gasteiger partial charge in [0.25, 0.3) is 0 Å². The number of aryl methyl sites for hydroxylation is 1. The number of rotatable bonds is 12. The second-order valence-corrected chi connectivity index (χ2v) is 5.82. The number of unbranched alkanes of at least 4 members (excludes halogenated alkanes) is 10. The molecular weight excluding hydrogens is 247 g/mol. The molecule has 0 aliphatic rings. The van der Waals surface area contributed by atoms with Gasteiger partial charge in [-0.2, -0.15) is 0 Å². The monoisotopic (exact) mass is 277 g/mol. The van der Waals surface area contributed by atoms with Gasteiger partial charge in [0, 0.05) is 0 Å². The maximum absolute atomic E-state index is 13.0. The van der Waals surface area contributed by atoms with E-state index in [4.69, 9.17) is 0 Å². The summed E-state index contributed by atoms with van der Waals surface area (Å²) in [5, 5.41) is 0. The highest BCUT2D eigenvalue weighted by Gasteiger charge is 1.97. The molecule has 20 heavy (non-hydrogen) atoms. The van der Waals surface area contributed by atoms with Crippen LogP contribution in [0.5, 0.6) is 0 Å². The third kappa shape index (κ3) is 9.12. The average molecular weight is 277 g/mol. The Morgan fingerprint density at radius 3 is 1.95 bits per heavy atom. The standard InChI is InChI=1S/C19H30F/c1-2-3-4-5-6-7-8-9-10-11-12-14-18-15-13-16-19(20)17-18/h13,16-17H,2-12,14H2,1H3. The van der Waals surface area contributed by atoms with Crippen molar-refractivity contribution in [2.45, 2.75) is 84.0 Å². The van der Waals surface area contributed by atoms with Crippen molar-refractivity contribution in [3.8, 4) is 0 Å². The molecule has 1 aromatic carbocycles. The molecule has 0 saturated heterocycles. The molecule has 0 heterocycles. The minimum absolute atomic E-state index is 0.137. The van der Waals surface area contributed by atoms with Crippen LogP contribution in [-0.4, -0.2) is 0 Å². The van der Waals surface area contributed by atoms with Gasteiger partial charge < -0.3 is 0 Å². The summed E-state index contributed by atoms with van der Waals surface area (Å²) < 4.78 is 13.0. The van der Waals surface area contributed by atoms with E-state index in [1.807, 2.05) is 0 Å². The van der Waals surface area contributed by atoms with Crippen LogP contribution >= 0.6 is 0 Å². The molecule has 1 rings (SSSR count). The van der Waals surface area contributed by atoms with Crippen molar-refractivity contribution in [2.75, 3.05) is 0 Å². The lowest BCUT2D eigenvalue weighted by molar-refractivity contribution is 0.549. The van der Waals surface area contributed by atoms with Crippen LogP contribution in [0.3, 0.4) is 0 Å². The van der Waals surface area contributed by atoms with Crippen molar-refractivity contribution in [1.29, 1.82) is 0 Å². The average Bonchev–Trinajstić information content (AvgIpc) is 2.45. The molecule has 0 aromatic heterocycles. The summed E-state index contributed by atoms with van der Waals surface area (Å²) in [6, 6.07) is 7.86.